The second-order valence-electron chi connectivity index (χ2n) is 9.43. The Morgan fingerprint density at radius 2 is 1.47 bits per heavy atom. The topological polar surface area (TPSA) is 67.8 Å². The minimum atomic E-state index is -4.46. The van der Waals surface area contributed by atoms with Gasteiger partial charge in [0, 0.05) is 49.8 Å². The average molecular weight is 527 g/mol. The normalized spacial score (nSPS) is 16.5. The van der Waals surface area contributed by atoms with E-state index < -0.39 is 11.7 Å². The molecule has 2 aliphatic rings. The lowest BCUT2D eigenvalue weighted by molar-refractivity contribution is -0.137. The van der Waals surface area contributed by atoms with Crippen molar-refractivity contribution in [1.29, 1.82) is 0 Å². The van der Waals surface area contributed by atoms with Gasteiger partial charge in [0.25, 0.3) is 0 Å². The van der Waals surface area contributed by atoms with Crippen LogP contribution in [0.2, 0.25) is 0 Å². The van der Waals surface area contributed by atoms with E-state index in [2.05, 4.69) is 9.80 Å². The van der Waals surface area contributed by atoms with Crippen LogP contribution in [0, 0.1) is 6.92 Å². The van der Waals surface area contributed by atoms with Crippen LogP contribution in [0.25, 0.3) is 11.4 Å². The number of alkyl halides is 3. The number of aromatic nitrogens is 2. The number of morpholine rings is 2. The summed E-state index contributed by atoms with van der Waals surface area (Å²) in [5.74, 6) is 1.81. The molecular weight excluding hydrogens is 497 g/mol. The zero-order valence-electron chi connectivity index (χ0n) is 21.1. The Bertz CT molecular complexity index is 1270. The van der Waals surface area contributed by atoms with Crippen molar-refractivity contribution < 1.29 is 27.4 Å². The molecule has 2 aliphatic heterocycles. The van der Waals surface area contributed by atoms with E-state index in [1.54, 1.807) is 12.1 Å². The van der Waals surface area contributed by atoms with Crippen molar-refractivity contribution in [2.24, 2.45) is 0 Å². The van der Waals surface area contributed by atoms with Crippen molar-refractivity contribution in [3.8, 4) is 11.4 Å². The van der Waals surface area contributed by atoms with Gasteiger partial charge in [-0.2, -0.15) is 13.2 Å². The highest BCUT2D eigenvalue weighted by Gasteiger charge is 2.30. The number of anilines is 2. The molecule has 2 fully saturated rings. The van der Waals surface area contributed by atoms with Gasteiger partial charge in [-0.1, -0.05) is 30.3 Å². The minimum absolute atomic E-state index is 0.139. The Kier molecular flexibility index (Phi) is 7.62. The summed E-state index contributed by atoms with van der Waals surface area (Å²) in [5, 5.41) is 0. The number of halogens is 3. The molecule has 7 nitrogen and oxygen atoms in total. The molecule has 0 unspecified atom stereocenters. The lowest BCUT2D eigenvalue weighted by Crippen LogP contribution is -2.39. The number of ether oxygens (including phenoxy) is 2. The maximum atomic E-state index is 13.1. The Hall–Kier alpha value is -3.50. The third-order valence-electron chi connectivity index (χ3n) is 6.79. The fraction of sp³-hybridized carbons (Fsp3) is 0.393. The van der Waals surface area contributed by atoms with Crippen molar-refractivity contribution in [2.75, 3.05) is 62.4 Å². The number of rotatable bonds is 6. The van der Waals surface area contributed by atoms with E-state index in [-0.39, 0.29) is 12.2 Å². The van der Waals surface area contributed by atoms with Gasteiger partial charge in [-0.25, -0.2) is 9.97 Å². The van der Waals surface area contributed by atoms with E-state index >= 15 is 0 Å². The Balaban J connectivity index is 1.47. The lowest BCUT2D eigenvalue weighted by atomic mass is 9.97. The summed E-state index contributed by atoms with van der Waals surface area (Å²) in [7, 11) is 0. The maximum absolute atomic E-state index is 13.1. The molecular formula is C28H29F3N4O3. The molecule has 38 heavy (non-hydrogen) atoms. The van der Waals surface area contributed by atoms with Crippen LogP contribution >= 0.6 is 0 Å². The maximum Gasteiger partial charge on any atom is 0.416 e. The van der Waals surface area contributed by atoms with Gasteiger partial charge in [-0.3, -0.25) is 4.79 Å². The highest BCUT2D eigenvalue weighted by atomic mass is 19.4. The molecule has 2 aromatic carbocycles. The van der Waals surface area contributed by atoms with E-state index in [4.69, 9.17) is 19.4 Å². The van der Waals surface area contributed by atoms with E-state index in [0.717, 1.165) is 29.3 Å². The number of carbonyl (C=O) groups excluding carboxylic acids is 1. The molecule has 3 aromatic rings. The molecule has 200 valence electrons. The molecule has 0 spiro atoms. The number of hydrogen-bond acceptors (Lipinski definition) is 7. The van der Waals surface area contributed by atoms with E-state index in [0.29, 0.717) is 75.1 Å². The predicted molar refractivity (Wildman–Crippen MR) is 138 cm³/mol. The molecule has 1 aromatic heterocycles. The van der Waals surface area contributed by atoms with Gasteiger partial charge in [0.2, 0.25) is 0 Å². The Morgan fingerprint density at radius 1 is 0.868 bits per heavy atom. The summed E-state index contributed by atoms with van der Waals surface area (Å²) >= 11 is 0. The Labute approximate surface area is 219 Å². The molecule has 2 saturated heterocycles. The molecule has 0 bridgehead atoms. The van der Waals surface area contributed by atoms with Crippen LogP contribution in [0.5, 0.6) is 0 Å². The summed E-state index contributed by atoms with van der Waals surface area (Å²) in [4.78, 5) is 27.2. The van der Waals surface area contributed by atoms with E-state index in [1.165, 1.54) is 12.1 Å². The third kappa shape index (κ3) is 5.97. The van der Waals surface area contributed by atoms with Gasteiger partial charge in [-0.15, -0.1) is 0 Å². The fourth-order valence-electron chi connectivity index (χ4n) is 4.63. The van der Waals surface area contributed by atoms with Crippen LogP contribution in [-0.2, 0) is 22.1 Å². The van der Waals surface area contributed by atoms with Gasteiger partial charge in [0.1, 0.15) is 11.6 Å². The number of nitrogens with zero attached hydrogens (tertiary/aromatic N) is 4. The van der Waals surface area contributed by atoms with Crippen molar-refractivity contribution in [3.63, 3.8) is 0 Å². The van der Waals surface area contributed by atoms with Gasteiger partial charge >= 0.3 is 6.18 Å². The van der Waals surface area contributed by atoms with Crippen LogP contribution in [-0.4, -0.2) is 68.4 Å². The van der Waals surface area contributed by atoms with Crippen LogP contribution in [0.15, 0.2) is 48.5 Å². The summed E-state index contributed by atoms with van der Waals surface area (Å²) in [6.07, 6.45) is -4.60. The number of ketones is 1. The molecule has 0 radical (unpaired) electrons. The summed E-state index contributed by atoms with van der Waals surface area (Å²) in [6, 6.07) is 12.1. The first-order chi connectivity index (χ1) is 18.3. The third-order valence-corrected chi connectivity index (χ3v) is 6.79. The van der Waals surface area contributed by atoms with Crippen molar-refractivity contribution in [2.45, 2.75) is 19.5 Å². The minimum Gasteiger partial charge on any atom is -0.378 e. The summed E-state index contributed by atoms with van der Waals surface area (Å²) < 4.78 is 50.4. The quantitative estimate of drug-likeness (QED) is 0.436. The second-order valence-corrected chi connectivity index (χ2v) is 9.43. The first-order valence-corrected chi connectivity index (χ1v) is 12.6. The zero-order valence-corrected chi connectivity index (χ0v) is 21.1. The van der Waals surface area contributed by atoms with Crippen LogP contribution < -0.4 is 9.80 Å². The number of aryl methyl sites for hydroxylation is 1. The predicted octanol–water partition coefficient (Wildman–Crippen LogP) is 4.57. The summed E-state index contributed by atoms with van der Waals surface area (Å²) in [5.41, 5.74) is 1.55. The first-order valence-electron chi connectivity index (χ1n) is 12.6. The molecule has 0 atom stereocenters. The van der Waals surface area contributed by atoms with Gasteiger partial charge in [0.05, 0.1) is 32.0 Å². The van der Waals surface area contributed by atoms with Crippen LogP contribution in [0.4, 0.5) is 24.8 Å². The SMILES string of the molecule is Cc1ccc(C(=O)Cc2cccc(C(F)(F)F)c2)cc1-c1nc(N2CCOCC2)cc(N2CCOCC2)n1. The molecule has 5 rings (SSSR count). The highest BCUT2D eigenvalue weighted by molar-refractivity contribution is 5.98. The molecule has 0 aliphatic carbocycles. The fourth-order valence-corrected chi connectivity index (χ4v) is 4.63. The number of carbonyl (C=O) groups is 1. The largest absolute Gasteiger partial charge is 0.416 e. The number of Topliss-reactive ketones (excluding diaryl/α,β-unsaturated/α-hetero) is 1. The average Bonchev–Trinajstić information content (AvgIpc) is 2.93. The van der Waals surface area contributed by atoms with Gasteiger partial charge < -0.3 is 19.3 Å². The number of benzene rings is 2. The number of hydrogen-bond donors (Lipinski definition) is 0. The molecule has 0 saturated carbocycles. The van der Waals surface area contributed by atoms with Crippen molar-refractivity contribution in [1.82, 2.24) is 9.97 Å². The van der Waals surface area contributed by atoms with Crippen LogP contribution in [0.1, 0.15) is 27.0 Å². The van der Waals surface area contributed by atoms with Crippen molar-refractivity contribution in [3.05, 3.63) is 70.8 Å². The molecule has 3 heterocycles. The van der Waals surface area contributed by atoms with Gasteiger partial charge in [0.15, 0.2) is 11.6 Å². The van der Waals surface area contributed by atoms with Gasteiger partial charge in [-0.05, 0) is 30.2 Å². The lowest BCUT2D eigenvalue weighted by Gasteiger charge is -2.31. The monoisotopic (exact) mass is 526 g/mol. The van der Waals surface area contributed by atoms with Crippen molar-refractivity contribution >= 4 is 17.4 Å². The first kappa shape index (κ1) is 26.1. The molecule has 0 N–H and O–H groups in total. The molecule has 10 heteroatoms. The van der Waals surface area contributed by atoms with E-state index in [9.17, 15) is 18.0 Å². The van der Waals surface area contributed by atoms with E-state index in [1.807, 2.05) is 19.1 Å². The van der Waals surface area contributed by atoms with Crippen LogP contribution in [0.3, 0.4) is 0 Å². The second kappa shape index (κ2) is 11.1. The summed E-state index contributed by atoms with van der Waals surface area (Å²) in [6.45, 7) is 7.25. The smallest absolute Gasteiger partial charge is 0.378 e. The standard InChI is InChI=1S/C28H29F3N4O3/c1-19-5-6-21(24(36)16-20-3-2-4-22(15-20)28(29,30)31)17-23(19)27-32-25(34-7-11-37-12-8-34)18-26(33-27)35-9-13-38-14-10-35/h2-6,15,17-18H,7-14,16H2,1H3. The molecule has 0 amide bonds. The Morgan fingerprint density at radius 3 is 2.05 bits per heavy atom. The zero-order chi connectivity index (χ0) is 26.7. The highest BCUT2D eigenvalue weighted by Crippen LogP contribution is 2.31.